The van der Waals surface area contributed by atoms with E-state index in [1.807, 2.05) is 24.4 Å². The van der Waals surface area contributed by atoms with Crippen LogP contribution >= 0.6 is 0 Å². The predicted octanol–water partition coefficient (Wildman–Crippen LogP) is 2.87. The molecule has 0 unspecified atom stereocenters. The number of likely N-dealkylation sites (N-methyl/N-ethyl adjacent to an activating group) is 1. The molecule has 0 radical (unpaired) electrons. The van der Waals surface area contributed by atoms with Gasteiger partial charge in [-0.3, -0.25) is 14.9 Å². The fourth-order valence-electron chi connectivity index (χ4n) is 5.38. The molecule has 0 saturated carbocycles. The first-order valence-corrected chi connectivity index (χ1v) is 12.8. The summed E-state index contributed by atoms with van der Waals surface area (Å²) in [7, 11) is 6.73. The van der Waals surface area contributed by atoms with Crippen molar-refractivity contribution in [3.8, 4) is 17.2 Å². The molecule has 200 valence electrons. The maximum absolute atomic E-state index is 13.2. The Hall–Kier alpha value is -3.82. The van der Waals surface area contributed by atoms with E-state index in [0.717, 1.165) is 62.2 Å². The number of carbonyl (C=O) groups is 2. The van der Waals surface area contributed by atoms with Gasteiger partial charge in [0.05, 0.1) is 32.5 Å². The van der Waals surface area contributed by atoms with Crippen LogP contribution in [0.3, 0.4) is 0 Å². The molecule has 1 fully saturated rings. The van der Waals surface area contributed by atoms with Crippen molar-refractivity contribution < 1.29 is 23.8 Å². The van der Waals surface area contributed by atoms with Gasteiger partial charge in [-0.05, 0) is 43.8 Å². The van der Waals surface area contributed by atoms with Gasteiger partial charge in [-0.1, -0.05) is 18.2 Å². The molecule has 1 saturated heterocycles. The number of amides is 2. The summed E-state index contributed by atoms with van der Waals surface area (Å²) in [4.78, 5) is 31.2. The minimum Gasteiger partial charge on any atom is -0.493 e. The van der Waals surface area contributed by atoms with E-state index >= 15 is 0 Å². The number of carbonyl (C=O) groups excluding carboxylic acids is 2. The van der Waals surface area contributed by atoms with E-state index in [1.165, 1.54) is 21.3 Å². The number of benzene rings is 2. The summed E-state index contributed by atoms with van der Waals surface area (Å²) in [5.41, 5.74) is 2.91. The van der Waals surface area contributed by atoms with Gasteiger partial charge in [0.2, 0.25) is 5.75 Å². The monoisotopic (exact) mass is 518 g/mol. The summed E-state index contributed by atoms with van der Waals surface area (Å²) >= 11 is 0. The Labute approximate surface area is 222 Å². The molecule has 3 aromatic rings. The van der Waals surface area contributed by atoms with Crippen LogP contribution in [-0.4, -0.2) is 87.3 Å². The van der Waals surface area contributed by atoms with Crippen molar-refractivity contribution in [2.24, 2.45) is 0 Å². The fraction of sp³-hybridized carbons (Fsp3) is 0.379. The van der Waals surface area contributed by atoms with Crippen LogP contribution in [0.1, 0.15) is 17.5 Å². The average molecular weight is 519 g/mol. The molecule has 2 aromatic carbocycles. The standard InChI is InChI=1S/C29H34N4O5/c1-31-12-14-32(15-13-31)10-7-11-33-18-21(20-8-5-6-9-22(20)33)26-25(28(34)30-29(26)35)19-16-23(36-2)27(38-4)24(17-19)37-3/h5-6,8-9,16-18H,7,10-15H2,1-4H3,(H,30,34,35). The minimum atomic E-state index is -0.453. The summed E-state index contributed by atoms with van der Waals surface area (Å²) in [6.45, 7) is 6.20. The van der Waals surface area contributed by atoms with E-state index in [9.17, 15) is 9.59 Å². The Morgan fingerprint density at radius 1 is 0.842 bits per heavy atom. The molecule has 1 N–H and O–H groups in total. The third-order valence-electron chi connectivity index (χ3n) is 7.41. The molecular weight excluding hydrogens is 484 g/mol. The van der Waals surface area contributed by atoms with Crippen molar-refractivity contribution >= 4 is 33.9 Å². The van der Waals surface area contributed by atoms with E-state index in [-0.39, 0.29) is 5.57 Å². The van der Waals surface area contributed by atoms with Crippen LogP contribution in [0.25, 0.3) is 22.0 Å². The van der Waals surface area contributed by atoms with Gasteiger partial charge in [0, 0.05) is 55.4 Å². The summed E-state index contributed by atoms with van der Waals surface area (Å²) in [5.74, 6) is 0.368. The molecule has 1 aromatic heterocycles. The number of hydrogen-bond donors (Lipinski definition) is 1. The second kappa shape index (κ2) is 10.9. The molecular formula is C29H34N4O5. The van der Waals surface area contributed by atoms with E-state index in [1.54, 1.807) is 12.1 Å². The molecule has 0 spiro atoms. The Morgan fingerprint density at radius 2 is 1.50 bits per heavy atom. The highest BCUT2D eigenvalue weighted by Crippen LogP contribution is 2.43. The molecule has 0 atom stereocenters. The van der Waals surface area contributed by atoms with Gasteiger partial charge in [0.15, 0.2) is 11.5 Å². The van der Waals surface area contributed by atoms with Crippen LogP contribution in [0.5, 0.6) is 17.2 Å². The number of aromatic nitrogens is 1. The first-order chi connectivity index (χ1) is 18.4. The molecule has 2 amide bonds. The van der Waals surface area contributed by atoms with Gasteiger partial charge in [-0.15, -0.1) is 0 Å². The highest BCUT2D eigenvalue weighted by atomic mass is 16.5. The third kappa shape index (κ3) is 4.75. The van der Waals surface area contributed by atoms with E-state index in [2.05, 4.69) is 32.8 Å². The topological polar surface area (TPSA) is 85.3 Å². The Kier molecular flexibility index (Phi) is 7.40. The van der Waals surface area contributed by atoms with Gasteiger partial charge >= 0.3 is 0 Å². The maximum atomic E-state index is 13.2. The second-order valence-corrected chi connectivity index (χ2v) is 9.70. The van der Waals surface area contributed by atoms with Crippen LogP contribution in [-0.2, 0) is 16.1 Å². The Morgan fingerprint density at radius 3 is 2.16 bits per heavy atom. The number of piperazine rings is 1. The normalized spacial score (nSPS) is 16.8. The predicted molar refractivity (Wildman–Crippen MR) is 147 cm³/mol. The first-order valence-electron chi connectivity index (χ1n) is 12.8. The number of para-hydroxylation sites is 1. The number of nitrogens with one attached hydrogen (secondary N) is 1. The molecule has 38 heavy (non-hydrogen) atoms. The summed E-state index contributed by atoms with van der Waals surface area (Å²) < 4.78 is 18.6. The zero-order chi connectivity index (χ0) is 26.8. The van der Waals surface area contributed by atoms with Gasteiger partial charge < -0.3 is 28.6 Å². The van der Waals surface area contributed by atoms with Gasteiger partial charge in [-0.2, -0.15) is 0 Å². The van der Waals surface area contributed by atoms with Crippen LogP contribution in [0.15, 0.2) is 42.6 Å². The highest BCUT2D eigenvalue weighted by molar-refractivity contribution is 6.50. The largest absolute Gasteiger partial charge is 0.493 e. The number of methoxy groups -OCH3 is 3. The number of rotatable bonds is 9. The Bertz CT molecular complexity index is 1380. The van der Waals surface area contributed by atoms with Gasteiger partial charge in [0.25, 0.3) is 11.8 Å². The molecule has 5 rings (SSSR count). The van der Waals surface area contributed by atoms with Crippen LogP contribution in [0.4, 0.5) is 0 Å². The molecule has 2 aliphatic rings. The van der Waals surface area contributed by atoms with Crippen molar-refractivity contribution in [1.82, 2.24) is 19.7 Å². The highest BCUT2D eigenvalue weighted by Gasteiger charge is 2.35. The lowest BCUT2D eigenvalue weighted by molar-refractivity contribution is -0.122. The number of fused-ring (bicyclic) bond motifs is 1. The smallest absolute Gasteiger partial charge is 0.259 e. The van der Waals surface area contributed by atoms with Crippen molar-refractivity contribution in [1.29, 1.82) is 0 Å². The lowest BCUT2D eigenvalue weighted by Crippen LogP contribution is -2.44. The van der Waals surface area contributed by atoms with Crippen molar-refractivity contribution in [2.45, 2.75) is 13.0 Å². The molecule has 0 bridgehead atoms. The third-order valence-corrected chi connectivity index (χ3v) is 7.41. The van der Waals surface area contributed by atoms with E-state index < -0.39 is 11.8 Å². The maximum Gasteiger partial charge on any atom is 0.259 e. The molecule has 9 nitrogen and oxygen atoms in total. The van der Waals surface area contributed by atoms with Gasteiger partial charge in [0.1, 0.15) is 0 Å². The Balaban J connectivity index is 1.54. The molecule has 3 heterocycles. The lowest BCUT2D eigenvalue weighted by atomic mass is 9.95. The van der Waals surface area contributed by atoms with Crippen LogP contribution in [0.2, 0.25) is 0 Å². The summed E-state index contributed by atoms with van der Waals surface area (Å²) in [6.07, 6.45) is 2.99. The van der Waals surface area contributed by atoms with Crippen molar-refractivity contribution in [3.05, 3.63) is 53.7 Å². The minimum absolute atomic E-state index is 0.287. The van der Waals surface area contributed by atoms with E-state index in [0.29, 0.717) is 28.4 Å². The number of nitrogens with zero attached hydrogens (tertiary/aromatic N) is 3. The molecule has 0 aliphatic carbocycles. The summed E-state index contributed by atoms with van der Waals surface area (Å²) in [5, 5.41) is 3.42. The molecule has 9 heteroatoms. The number of hydrogen-bond acceptors (Lipinski definition) is 7. The fourth-order valence-corrected chi connectivity index (χ4v) is 5.38. The summed E-state index contributed by atoms with van der Waals surface area (Å²) in [6, 6.07) is 11.4. The SMILES string of the molecule is COc1cc(C2=C(c3cn(CCCN4CCN(C)CC4)c4ccccc34)C(=O)NC2=O)cc(OC)c1OC. The first kappa shape index (κ1) is 25.8. The van der Waals surface area contributed by atoms with Crippen molar-refractivity contribution in [3.63, 3.8) is 0 Å². The van der Waals surface area contributed by atoms with Crippen molar-refractivity contribution in [2.75, 3.05) is 61.1 Å². The zero-order valence-corrected chi connectivity index (χ0v) is 22.4. The quantitative estimate of drug-likeness (QED) is 0.436. The second-order valence-electron chi connectivity index (χ2n) is 9.70. The van der Waals surface area contributed by atoms with Crippen LogP contribution < -0.4 is 19.5 Å². The van der Waals surface area contributed by atoms with Gasteiger partial charge in [-0.25, -0.2) is 0 Å². The zero-order valence-electron chi connectivity index (χ0n) is 22.4. The average Bonchev–Trinajstić information content (AvgIpc) is 3.44. The molecule has 2 aliphatic heterocycles. The van der Waals surface area contributed by atoms with Crippen LogP contribution in [0, 0.1) is 0 Å². The number of imide groups is 1. The number of ether oxygens (including phenoxy) is 3. The van der Waals surface area contributed by atoms with E-state index in [4.69, 9.17) is 14.2 Å². The lowest BCUT2D eigenvalue weighted by Gasteiger charge is -2.32. The number of aryl methyl sites for hydroxylation is 1.